The molecule has 116 valence electrons. The molecule has 0 aliphatic heterocycles. The standard InChI is InChI=1S/C19H23NO2/c1-2-21-11-12-22-10-9-17-18-13-14-5-3-4-6-15(14)16(18)7-8-19(17)20/h3-8H,2,9-13,20H2,1H3. The molecule has 0 radical (unpaired) electrons. The average Bonchev–Trinajstić information content (AvgIpc) is 2.91. The van der Waals surface area contributed by atoms with E-state index in [1.807, 2.05) is 13.0 Å². The van der Waals surface area contributed by atoms with Crippen molar-refractivity contribution in [3.8, 4) is 11.1 Å². The highest BCUT2D eigenvalue weighted by Crippen LogP contribution is 2.40. The Bertz CT molecular complexity index is 652. The zero-order chi connectivity index (χ0) is 15.4. The topological polar surface area (TPSA) is 44.5 Å². The third-order valence-electron chi connectivity index (χ3n) is 4.21. The number of anilines is 1. The van der Waals surface area contributed by atoms with Crippen LogP contribution in [0.3, 0.4) is 0 Å². The van der Waals surface area contributed by atoms with E-state index in [0.717, 1.165) is 25.1 Å². The van der Waals surface area contributed by atoms with Gasteiger partial charge in [-0.05, 0) is 53.6 Å². The first kappa shape index (κ1) is 15.1. The largest absolute Gasteiger partial charge is 0.398 e. The van der Waals surface area contributed by atoms with Crippen LogP contribution in [0.5, 0.6) is 0 Å². The smallest absolute Gasteiger partial charge is 0.0700 e. The van der Waals surface area contributed by atoms with E-state index in [-0.39, 0.29) is 0 Å². The van der Waals surface area contributed by atoms with Crippen molar-refractivity contribution in [3.63, 3.8) is 0 Å². The van der Waals surface area contributed by atoms with E-state index in [1.54, 1.807) is 0 Å². The molecule has 3 rings (SSSR count). The van der Waals surface area contributed by atoms with E-state index in [0.29, 0.717) is 19.8 Å². The Labute approximate surface area is 132 Å². The van der Waals surface area contributed by atoms with Crippen LogP contribution in [0.4, 0.5) is 5.69 Å². The second kappa shape index (κ2) is 6.95. The van der Waals surface area contributed by atoms with Crippen LogP contribution < -0.4 is 5.73 Å². The van der Waals surface area contributed by atoms with Crippen LogP contribution in [0.25, 0.3) is 11.1 Å². The van der Waals surface area contributed by atoms with E-state index in [4.69, 9.17) is 15.2 Å². The van der Waals surface area contributed by atoms with Gasteiger partial charge in [-0.25, -0.2) is 0 Å². The van der Waals surface area contributed by atoms with Crippen molar-refractivity contribution in [1.29, 1.82) is 0 Å². The molecule has 22 heavy (non-hydrogen) atoms. The van der Waals surface area contributed by atoms with Crippen molar-refractivity contribution in [1.82, 2.24) is 0 Å². The van der Waals surface area contributed by atoms with Gasteiger partial charge in [-0.1, -0.05) is 30.3 Å². The molecule has 0 unspecified atom stereocenters. The normalized spacial score (nSPS) is 12.2. The number of rotatable bonds is 7. The molecule has 0 bridgehead atoms. The van der Waals surface area contributed by atoms with Crippen molar-refractivity contribution in [2.75, 3.05) is 32.2 Å². The van der Waals surface area contributed by atoms with Gasteiger partial charge in [0.15, 0.2) is 0 Å². The van der Waals surface area contributed by atoms with Gasteiger partial charge in [0.25, 0.3) is 0 Å². The fourth-order valence-corrected chi connectivity index (χ4v) is 3.13. The molecule has 0 saturated heterocycles. The Morgan fingerprint density at radius 1 is 0.955 bits per heavy atom. The van der Waals surface area contributed by atoms with E-state index in [2.05, 4.69) is 30.3 Å². The van der Waals surface area contributed by atoms with Gasteiger partial charge in [-0.2, -0.15) is 0 Å². The molecule has 0 heterocycles. The van der Waals surface area contributed by atoms with Gasteiger partial charge >= 0.3 is 0 Å². The summed E-state index contributed by atoms with van der Waals surface area (Å²) in [6.07, 6.45) is 1.83. The van der Waals surface area contributed by atoms with Gasteiger partial charge in [0, 0.05) is 12.3 Å². The SMILES string of the molecule is CCOCCOCCc1c(N)ccc2c1Cc1ccccc1-2. The summed E-state index contributed by atoms with van der Waals surface area (Å²) in [6.45, 7) is 4.71. The number of benzene rings is 2. The number of nitrogen functional groups attached to an aromatic ring is 1. The minimum absolute atomic E-state index is 0.642. The minimum atomic E-state index is 0.642. The molecule has 0 saturated carbocycles. The Hall–Kier alpha value is -1.84. The van der Waals surface area contributed by atoms with Gasteiger partial charge in [-0.15, -0.1) is 0 Å². The van der Waals surface area contributed by atoms with Gasteiger partial charge in [0.2, 0.25) is 0 Å². The molecule has 2 aromatic rings. The molecule has 3 heteroatoms. The fraction of sp³-hybridized carbons (Fsp3) is 0.368. The molecule has 2 N–H and O–H groups in total. The highest BCUT2D eigenvalue weighted by molar-refractivity contribution is 5.80. The number of fused-ring (bicyclic) bond motifs is 3. The van der Waals surface area contributed by atoms with Crippen LogP contribution in [0.15, 0.2) is 36.4 Å². The van der Waals surface area contributed by atoms with Crippen molar-refractivity contribution in [2.24, 2.45) is 0 Å². The first-order valence-corrected chi connectivity index (χ1v) is 7.95. The maximum absolute atomic E-state index is 6.21. The van der Waals surface area contributed by atoms with Crippen LogP contribution in [0.1, 0.15) is 23.6 Å². The average molecular weight is 297 g/mol. The Morgan fingerprint density at radius 3 is 2.64 bits per heavy atom. The minimum Gasteiger partial charge on any atom is -0.398 e. The first-order valence-electron chi connectivity index (χ1n) is 7.95. The summed E-state index contributed by atoms with van der Waals surface area (Å²) in [7, 11) is 0. The second-order valence-corrected chi connectivity index (χ2v) is 5.55. The molecule has 2 aromatic carbocycles. The quantitative estimate of drug-likeness (QED) is 0.537. The van der Waals surface area contributed by atoms with Crippen molar-refractivity contribution in [2.45, 2.75) is 19.8 Å². The summed E-state index contributed by atoms with van der Waals surface area (Å²) in [5.74, 6) is 0. The van der Waals surface area contributed by atoms with Crippen molar-refractivity contribution >= 4 is 5.69 Å². The monoisotopic (exact) mass is 297 g/mol. The summed E-state index contributed by atoms with van der Waals surface area (Å²) in [5, 5.41) is 0. The molecule has 0 atom stereocenters. The number of hydrogen-bond donors (Lipinski definition) is 1. The zero-order valence-corrected chi connectivity index (χ0v) is 13.1. The van der Waals surface area contributed by atoms with E-state index < -0.39 is 0 Å². The summed E-state index contributed by atoms with van der Waals surface area (Å²) in [6, 6.07) is 12.8. The van der Waals surface area contributed by atoms with Crippen molar-refractivity contribution in [3.05, 3.63) is 53.1 Å². The van der Waals surface area contributed by atoms with Crippen LogP contribution in [-0.4, -0.2) is 26.4 Å². The summed E-state index contributed by atoms with van der Waals surface area (Å²) < 4.78 is 10.9. The highest BCUT2D eigenvalue weighted by Gasteiger charge is 2.21. The zero-order valence-electron chi connectivity index (χ0n) is 13.1. The lowest BCUT2D eigenvalue weighted by molar-refractivity contribution is 0.0541. The first-order chi connectivity index (χ1) is 10.8. The number of nitrogens with two attached hydrogens (primary N) is 1. The maximum Gasteiger partial charge on any atom is 0.0700 e. The van der Waals surface area contributed by atoms with Gasteiger partial charge < -0.3 is 15.2 Å². The predicted molar refractivity (Wildman–Crippen MR) is 90.1 cm³/mol. The molecule has 1 aliphatic carbocycles. The van der Waals surface area contributed by atoms with Gasteiger partial charge in [-0.3, -0.25) is 0 Å². The molecule has 0 fully saturated rings. The lowest BCUT2D eigenvalue weighted by atomic mass is 9.97. The summed E-state index contributed by atoms with van der Waals surface area (Å²) in [4.78, 5) is 0. The lowest BCUT2D eigenvalue weighted by Gasteiger charge is -2.12. The van der Waals surface area contributed by atoms with Crippen LogP contribution in [0.2, 0.25) is 0 Å². The van der Waals surface area contributed by atoms with Crippen molar-refractivity contribution < 1.29 is 9.47 Å². The molecular formula is C19H23NO2. The Morgan fingerprint density at radius 2 is 1.77 bits per heavy atom. The van der Waals surface area contributed by atoms with Gasteiger partial charge in [0.05, 0.1) is 19.8 Å². The second-order valence-electron chi connectivity index (χ2n) is 5.55. The van der Waals surface area contributed by atoms with Crippen LogP contribution >= 0.6 is 0 Å². The molecule has 0 spiro atoms. The van der Waals surface area contributed by atoms with Crippen LogP contribution in [-0.2, 0) is 22.3 Å². The summed E-state index contributed by atoms with van der Waals surface area (Å²) in [5.41, 5.74) is 13.8. The number of hydrogen-bond acceptors (Lipinski definition) is 3. The van der Waals surface area contributed by atoms with E-state index in [9.17, 15) is 0 Å². The number of ether oxygens (including phenoxy) is 2. The highest BCUT2D eigenvalue weighted by atomic mass is 16.5. The molecule has 0 amide bonds. The summed E-state index contributed by atoms with van der Waals surface area (Å²) >= 11 is 0. The molecule has 3 nitrogen and oxygen atoms in total. The lowest BCUT2D eigenvalue weighted by Crippen LogP contribution is -2.09. The maximum atomic E-state index is 6.21. The Kier molecular flexibility index (Phi) is 4.76. The fourth-order valence-electron chi connectivity index (χ4n) is 3.13. The van der Waals surface area contributed by atoms with E-state index >= 15 is 0 Å². The van der Waals surface area contributed by atoms with Gasteiger partial charge in [0.1, 0.15) is 0 Å². The Balaban J connectivity index is 1.71. The third kappa shape index (κ3) is 3.01. The molecule has 1 aliphatic rings. The molecular weight excluding hydrogens is 274 g/mol. The van der Waals surface area contributed by atoms with Crippen LogP contribution in [0, 0.1) is 0 Å². The predicted octanol–water partition coefficient (Wildman–Crippen LogP) is 3.44. The third-order valence-corrected chi connectivity index (χ3v) is 4.21. The molecule has 0 aromatic heterocycles. The van der Waals surface area contributed by atoms with E-state index in [1.165, 1.54) is 27.8 Å².